The molecule has 0 radical (unpaired) electrons. The van der Waals surface area contributed by atoms with Crippen molar-refractivity contribution in [2.45, 2.75) is 26.9 Å². The van der Waals surface area contributed by atoms with Gasteiger partial charge in [-0.05, 0) is 59.1 Å². The van der Waals surface area contributed by atoms with Crippen molar-refractivity contribution >= 4 is 21.8 Å². The lowest BCUT2D eigenvalue weighted by atomic mass is 10.1. The van der Waals surface area contributed by atoms with Crippen LogP contribution < -0.4 is 5.32 Å². The second-order valence-corrected chi connectivity index (χ2v) is 6.68. The van der Waals surface area contributed by atoms with Crippen LogP contribution in [-0.2, 0) is 13.1 Å². The summed E-state index contributed by atoms with van der Waals surface area (Å²) in [6.07, 6.45) is 3.46. The Hall–Kier alpha value is -2.47. The summed E-state index contributed by atoms with van der Waals surface area (Å²) in [4.78, 5) is 16.3. The van der Waals surface area contributed by atoms with Gasteiger partial charge in [0.05, 0.1) is 22.4 Å². The predicted molar refractivity (Wildman–Crippen MR) is 100 cm³/mol. The molecule has 0 fully saturated rings. The number of carbonyl (C=O) groups is 1. The van der Waals surface area contributed by atoms with E-state index < -0.39 is 0 Å². The van der Waals surface area contributed by atoms with Crippen LogP contribution in [-0.4, -0.2) is 20.7 Å². The second-order valence-electron chi connectivity index (χ2n) is 5.88. The van der Waals surface area contributed by atoms with E-state index in [4.69, 9.17) is 0 Å². The van der Waals surface area contributed by atoms with Crippen molar-refractivity contribution in [3.63, 3.8) is 0 Å². The summed E-state index contributed by atoms with van der Waals surface area (Å²) < 4.78 is 3.00. The van der Waals surface area contributed by atoms with Gasteiger partial charge in [0, 0.05) is 24.5 Å². The summed E-state index contributed by atoms with van der Waals surface area (Å²) in [6, 6.07) is 11.4. The zero-order valence-electron chi connectivity index (χ0n) is 14.2. The van der Waals surface area contributed by atoms with E-state index in [1.54, 1.807) is 12.4 Å². The van der Waals surface area contributed by atoms with Crippen LogP contribution >= 0.6 is 15.9 Å². The fraction of sp³-hybridized carbons (Fsp3) is 0.211. The normalized spacial score (nSPS) is 10.7. The first-order valence-corrected chi connectivity index (χ1v) is 8.79. The van der Waals surface area contributed by atoms with Crippen LogP contribution in [0, 0.1) is 13.8 Å². The molecule has 0 bridgehead atoms. The average Bonchev–Trinajstić information content (AvgIpc) is 2.88. The van der Waals surface area contributed by atoms with E-state index in [9.17, 15) is 4.79 Å². The highest BCUT2D eigenvalue weighted by Gasteiger charge is 2.10. The number of rotatable bonds is 5. The molecule has 5 nitrogen and oxygen atoms in total. The summed E-state index contributed by atoms with van der Waals surface area (Å²) in [7, 11) is 0. The van der Waals surface area contributed by atoms with Gasteiger partial charge in [0.15, 0.2) is 0 Å². The van der Waals surface area contributed by atoms with Gasteiger partial charge in [0.2, 0.25) is 0 Å². The molecule has 3 aromatic rings. The largest absolute Gasteiger partial charge is 0.348 e. The van der Waals surface area contributed by atoms with Gasteiger partial charge >= 0.3 is 0 Å². The number of aryl methyl sites for hydroxylation is 1. The molecule has 0 aliphatic heterocycles. The van der Waals surface area contributed by atoms with Gasteiger partial charge in [-0.25, -0.2) is 0 Å². The smallest absolute Gasteiger partial charge is 0.251 e. The van der Waals surface area contributed by atoms with Crippen molar-refractivity contribution in [1.29, 1.82) is 0 Å². The Bertz CT molecular complexity index is 872. The third-order valence-electron chi connectivity index (χ3n) is 4.02. The Labute approximate surface area is 155 Å². The molecule has 3 rings (SSSR count). The molecule has 0 atom stereocenters. The minimum Gasteiger partial charge on any atom is -0.348 e. The highest BCUT2D eigenvalue weighted by Crippen LogP contribution is 2.20. The molecule has 0 aliphatic rings. The van der Waals surface area contributed by atoms with Crippen molar-refractivity contribution in [1.82, 2.24) is 20.1 Å². The van der Waals surface area contributed by atoms with Crippen LogP contribution in [0.2, 0.25) is 0 Å². The number of hydrogen-bond donors (Lipinski definition) is 1. The SMILES string of the molecule is Cc1nn(Cc2ccc(C(=O)NCc3cccnc3)cc2)c(C)c1Br. The van der Waals surface area contributed by atoms with Crippen LogP contribution in [0.3, 0.4) is 0 Å². The maximum absolute atomic E-state index is 12.2. The van der Waals surface area contributed by atoms with Gasteiger partial charge in [-0.15, -0.1) is 0 Å². The molecular formula is C19H19BrN4O. The molecule has 2 aromatic heterocycles. The number of halogens is 1. The van der Waals surface area contributed by atoms with Crippen LogP contribution in [0.5, 0.6) is 0 Å². The first-order chi connectivity index (χ1) is 12.0. The van der Waals surface area contributed by atoms with Crippen molar-refractivity contribution in [2.75, 3.05) is 0 Å². The number of aromatic nitrogens is 3. The van der Waals surface area contributed by atoms with Crippen LogP contribution in [0.25, 0.3) is 0 Å². The summed E-state index contributed by atoms with van der Waals surface area (Å²) in [5, 5.41) is 7.41. The third-order valence-corrected chi connectivity index (χ3v) is 5.17. The molecule has 2 heterocycles. The molecule has 0 unspecified atom stereocenters. The van der Waals surface area contributed by atoms with E-state index in [0.29, 0.717) is 18.7 Å². The number of pyridine rings is 1. The van der Waals surface area contributed by atoms with Gasteiger partial charge in [-0.2, -0.15) is 5.10 Å². The molecule has 0 saturated carbocycles. The van der Waals surface area contributed by atoms with Crippen molar-refractivity contribution in [3.8, 4) is 0 Å². The van der Waals surface area contributed by atoms with Crippen LogP contribution in [0.1, 0.15) is 32.9 Å². The highest BCUT2D eigenvalue weighted by atomic mass is 79.9. The van der Waals surface area contributed by atoms with Gasteiger partial charge in [-0.3, -0.25) is 14.5 Å². The van der Waals surface area contributed by atoms with Gasteiger partial charge in [0.1, 0.15) is 0 Å². The van der Waals surface area contributed by atoms with Crippen molar-refractivity contribution in [2.24, 2.45) is 0 Å². The maximum Gasteiger partial charge on any atom is 0.251 e. The molecule has 128 valence electrons. The minimum absolute atomic E-state index is 0.0933. The lowest BCUT2D eigenvalue weighted by Crippen LogP contribution is -2.22. The average molecular weight is 399 g/mol. The van der Waals surface area contributed by atoms with E-state index in [2.05, 4.69) is 31.3 Å². The first kappa shape index (κ1) is 17.4. The van der Waals surface area contributed by atoms with Crippen molar-refractivity contribution in [3.05, 3.63) is 81.3 Å². The lowest BCUT2D eigenvalue weighted by Gasteiger charge is -2.07. The van der Waals surface area contributed by atoms with E-state index in [1.165, 1.54) is 0 Å². The Morgan fingerprint density at radius 2 is 1.92 bits per heavy atom. The van der Waals surface area contributed by atoms with Crippen LogP contribution in [0.4, 0.5) is 0 Å². The number of benzene rings is 1. The predicted octanol–water partition coefficient (Wildman–Crippen LogP) is 3.64. The maximum atomic E-state index is 12.2. The second kappa shape index (κ2) is 7.61. The fourth-order valence-corrected chi connectivity index (χ4v) is 2.83. The molecule has 1 amide bonds. The zero-order chi connectivity index (χ0) is 17.8. The Morgan fingerprint density at radius 3 is 2.52 bits per heavy atom. The molecule has 6 heteroatoms. The molecule has 0 saturated heterocycles. The van der Waals surface area contributed by atoms with Gasteiger partial charge in [-0.1, -0.05) is 18.2 Å². The van der Waals surface area contributed by atoms with E-state index >= 15 is 0 Å². The first-order valence-electron chi connectivity index (χ1n) is 8.00. The van der Waals surface area contributed by atoms with Crippen LogP contribution in [0.15, 0.2) is 53.3 Å². The number of hydrogen-bond acceptors (Lipinski definition) is 3. The molecule has 0 aliphatic carbocycles. The molecule has 25 heavy (non-hydrogen) atoms. The summed E-state index contributed by atoms with van der Waals surface area (Å²) in [6.45, 7) is 5.15. The number of nitrogens with zero attached hydrogens (tertiary/aromatic N) is 3. The minimum atomic E-state index is -0.0933. The molecule has 0 spiro atoms. The van der Waals surface area contributed by atoms with Gasteiger partial charge < -0.3 is 5.32 Å². The third kappa shape index (κ3) is 4.14. The number of carbonyl (C=O) groups excluding carboxylic acids is 1. The fourth-order valence-electron chi connectivity index (χ4n) is 2.55. The van der Waals surface area contributed by atoms with E-state index in [1.807, 2.05) is 54.9 Å². The molecule has 1 aromatic carbocycles. The lowest BCUT2D eigenvalue weighted by molar-refractivity contribution is 0.0951. The molecular weight excluding hydrogens is 380 g/mol. The number of amides is 1. The number of nitrogens with one attached hydrogen (secondary N) is 1. The Morgan fingerprint density at radius 1 is 1.16 bits per heavy atom. The standard InChI is InChI=1S/C19H19BrN4O/c1-13-18(20)14(2)24(23-13)12-15-5-7-17(8-6-15)19(25)22-11-16-4-3-9-21-10-16/h3-10H,11-12H2,1-2H3,(H,22,25). The Kier molecular flexibility index (Phi) is 5.28. The van der Waals surface area contributed by atoms with Gasteiger partial charge in [0.25, 0.3) is 5.91 Å². The summed E-state index contributed by atoms with van der Waals surface area (Å²) >= 11 is 3.54. The highest BCUT2D eigenvalue weighted by molar-refractivity contribution is 9.10. The summed E-state index contributed by atoms with van der Waals surface area (Å²) in [5.41, 5.74) is 4.78. The zero-order valence-corrected chi connectivity index (χ0v) is 15.7. The Balaban J connectivity index is 1.63. The van der Waals surface area contributed by atoms with Crippen molar-refractivity contribution < 1.29 is 4.79 Å². The van der Waals surface area contributed by atoms with E-state index in [0.717, 1.165) is 27.0 Å². The molecule has 1 N–H and O–H groups in total. The quantitative estimate of drug-likeness (QED) is 0.713. The topological polar surface area (TPSA) is 59.8 Å². The van der Waals surface area contributed by atoms with E-state index in [-0.39, 0.29) is 5.91 Å². The monoisotopic (exact) mass is 398 g/mol. The summed E-state index contributed by atoms with van der Waals surface area (Å²) in [5.74, 6) is -0.0933.